The van der Waals surface area contributed by atoms with Gasteiger partial charge in [-0.05, 0) is 47.8 Å². The number of hydrogen-bond acceptors (Lipinski definition) is 4. The number of likely N-dealkylation sites (N-methyl/N-ethyl adjacent to an activating group) is 1. The molecule has 0 spiro atoms. The van der Waals surface area contributed by atoms with Gasteiger partial charge in [-0.1, -0.05) is 0 Å². The van der Waals surface area contributed by atoms with Gasteiger partial charge in [0.2, 0.25) is 5.91 Å². The Balaban J connectivity index is 1.65. The van der Waals surface area contributed by atoms with Gasteiger partial charge in [0, 0.05) is 21.3 Å². The zero-order valence-corrected chi connectivity index (χ0v) is 13.3. The van der Waals surface area contributed by atoms with E-state index in [0.29, 0.717) is 25.6 Å². The fraction of sp³-hybridized carbons (Fsp3) is 0.615. The minimum absolute atomic E-state index is 0.00461. The van der Waals surface area contributed by atoms with Crippen molar-refractivity contribution >= 4 is 33.2 Å². The number of amides is 1. The lowest BCUT2D eigenvalue weighted by Crippen LogP contribution is -2.38. The summed E-state index contributed by atoms with van der Waals surface area (Å²) < 4.78 is 1.05. The van der Waals surface area contributed by atoms with Crippen LogP contribution < -0.4 is 5.32 Å². The first-order valence-electron chi connectivity index (χ1n) is 6.41. The van der Waals surface area contributed by atoms with E-state index in [0.717, 1.165) is 22.2 Å². The summed E-state index contributed by atoms with van der Waals surface area (Å²) in [5.41, 5.74) is 0. The number of thiophene rings is 1. The fourth-order valence-corrected chi connectivity index (χ4v) is 3.34. The second-order valence-electron chi connectivity index (χ2n) is 5.11. The summed E-state index contributed by atoms with van der Waals surface area (Å²) in [5.74, 6) is 0.448. The van der Waals surface area contributed by atoms with Crippen LogP contribution in [0.4, 0.5) is 0 Å². The van der Waals surface area contributed by atoms with Gasteiger partial charge in [0.1, 0.15) is 0 Å². The summed E-state index contributed by atoms with van der Waals surface area (Å²) >= 11 is 5.01. The summed E-state index contributed by atoms with van der Waals surface area (Å²) in [6.45, 7) is 1.47. The third-order valence-corrected chi connectivity index (χ3v) is 4.86. The molecule has 2 N–H and O–H groups in total. The first-order valence-corrected chi connectivity index (χ1v) is 8.08. The molecule has 0 aliphatic heterocycles. The van der Waals surface area contributed by atoms with E-state index in [-0.39, 0.29) is 12.0 Å². The highest BCUT2D eigenvalue weighted by atomic mass is 79.9. The molecule has 1 aromatic rings. The lowest BCUT2D eigenvalue weighted by atomic mass is 10.2. The van der Waals surface area contributed by atoms with E-state index >= 15 is 0 Å². The van der Waals surface area contributed by atoms with Crippen molar-refractivity contribution in [3.63, 3.8) is 0 Å². The number of rotatable bonds is 7. The van der Waals surface area contributed by atoms with Crippen LogP contribution >= 0.6 is 27.3 Å². The third kappa shape index (κ3) is 5.22. The van der Waals surface area contributed by atoms with E-state index in [1.54, 1.807) is 11.3 Å². The normalized spacial score (nSPS) is 16.6. The smallest absolute Gasteiger partial charge is 0.234 e. The van der Waals surface area contributed by atoms with E-state index in [2.05, 4.69) is 21.2 Å². The van der Waals surface area contributed by atoms with E-state index < -0.39 is 0 Å². The molecule has 19 heavy (non-hydrogen) atoms. The molecule has 4 nitrogen and oxygen atoms in total. The third-order valence-electron chi connectivity index (χ3n) is 3.16. The molecule has 0 bridgehead atoms. The van der Waals surface area contributed by atoms with Crippen LogP contribution in [-0.2, 0) is 11.3 Å². The van der Waals surface area contributed by atoms with Gasteiger partial charge < -0.3 is 10.4 Å². The van der Waals surface area contributed by atoms with E-state index in [1.807, 2.05) is 23.4 Å². The van der Waals surface area contributed by atoms with Gasteiger partial charge in [0.15, 0.2) is 0 Å². The Morgan fingerprint density at radius 2 is 2.42 bits per heavy atom. The van der Waals surface area contributed by atoms with Gasteiger partial charge in [-0.25, -0.2) is 0 Å². The second kappa shape index (κ2) is 6.83. The Kier molecular flexibility index (Phi) is 5.38. The monoisotopic (exact) mass is 346 g/mol. The summed E-state index contributed by atoms with van der Waals surface area (Å²) in [6, 6.07) is 2.01. The second-order valence-corrected chi connectivity index (χ2v) is 7.02. The molecule has 1 aromatic heterocycles. The van der Waals surface area contributed by atoms with Gasteiger partial charge in [-0.2, -0.15) is 0 Å². The highest BCUT2D eigenvalue weighted by Crippen LogP contribution is 2.32. The molecule has 2 rings (SSSR count). The Morgan fingerprint density at radius 1 is 1.68 bits per heavy atom. The van der Waals surface area contributed by atoms with Crippen LogP contribution in [0.2, 0.25) is 0 Å². The summed E-state index contributed by atoms with van der Waals surface area (Å²) in [6.07, 6.45) is 1.95. The molecule has 6 heteroatoms. The van der Waals surface area contributed by atoms with Crippen LogP contribution in [0.5, 0.6) is 0 Å². The highest BCUT2D eigenvalue weighted by Gasteiger charge is 2.30. The van der Waals surface area contributed by atoms with Crippen LogP contribution in [0.3, 0.4) is 0 Å². The number of aliphatic hydroxyl groups is 1. The van der Waals surface area contributed by atoms with Crippen molar-refractivity contribution in [2.24, 2.45) is 5.92 Å². The average molecular weight is 347 g/mol. The van der Waals surface area contributed by atoms with Crippen LogP contribution in [0, 0.1) is 5.92 Å². The molecule has 1 amide bonds. The van der Waals surface area contributed by atoms with E-state index in [4.69, 9.17) is 0 Å². The Morgan fingerprint density at radius 3 is 3.00 bits per heavy atom. The molecule has 1 aliphatic rings. The highest BCUT2D eigenvalue weighted by molar-refractivity contribution is 9.10. The molecule has 106 valence electrons. The number of halogens is 1. The van der Waals surface area contributed by atoms with Crippen LogP contribution in [0.15, 0.2) is 15.9 Å². The maximum atomic E-state index is 11.8. The summed E-state index contributed by atoms with van der Waals surface area (Å²) in [7, 11) is 1.87. The first-order chi connectivity index (χ1) is 9.04. The quantitative estimate of drug-likeness (QED) is 0.791. The molecular formula is C13H19BrN2O2S. The predicted molar refractivity (Wildman–Crippen MR) is 80.1 cm³/mol. The fourth-order valence-electron chi connectivity index (χ4n) is 1.95. The van der Waals surface area contributed by atoms with Gasteiger partial charge in [-0.3, -0.25) is 9.69 Å². The van der Waals surface area contributed by atoms with Crippen molar-refractivity contribution in [3.8, 4) is 0 Å². The molecule has 1 atom stereocenters. The number of nitrogens with zero attached hydrogens (tertiary/aromatic N) is 1. The first kappa shape index (κ1) is 15.0. The van der Waals surface area contributed by atoms with E-state index in [9.17, 15) is 9.90 Å². The topological polar surface area (TPSA) is 52.6 Å². The van der Waals surface area contributed by atoms with Crippen LogP contribution in [-0.4, -0.2) is 42.2 Å². The molecule has 1 saturated carbocycles. The largest absolute Gasteiger partial charge is 0.392 e. The average Bonchev–Trinajstić information content (AvgIpc) is 3.10. The summed E-state index contributed by atoms with van der Waals surface area (Å²) in [5, 5.41) is 14.7. The van der Waals surface area contributed by atoms with Crippen molar-refractivity contribution in [2.75, 3.05) is 20.1 Å². The number of nitrogens with one attached hydrogen (secondary N) is 1. The van der Waals surface area contributed by atoms with Gasteiger partial charge in [0.25, 0.3) is 0 Å². The Hall–Kier alpha value is -0.430. The van der Waals surface area contributed by atoms with Gasteiger partial charge >= 0.3 is 0 Å². The molecule has 1 aliphatic carbocycles. The zero-order valence-electron chi connectivity index (χ0n) is 10.9. The summed E-state index contributed by atoms with van der Waals surface area (Å²) in [4.78, 5) is 14.8. The van der Waals surface area contributed by atoms with Crippen molar-refractivity contribution in [2.45, 2.75) is 25.5 Å². The van der Waals surface area contributed by atoms with Crippen molar-refractivity contribution < 1.29 is 9.90 Å². The minimum atomic E-state index is -0.286. The molecular weight excluding hydrogens is 328 g/mol. The Bertz CT molecular complexity index is 434. The van der Waals surface area contributed by atoms with Crippen molar-refractivity contribution in [3.05, 3.63) is 20.8 Å². The number of aliphatic hydroxyl groups excluding tert-OH is 1. The lowest BCUT2D eigenvalue weighted by molar-refractivity contribution is -0.122. The van der Waals surface area contributed by atoms with Crippen molar-refractivity contribution in [1.82, 2.24) is 10.2 Å². The molecule has 1 heterocycles. The van der Waals surface area contributed by atoms with Crippen molar-refractivity contribution in [1.29, 1.82) is 0 Å². The number of carbonyl (C=O) groups excluding carboxylic acids is 1. The SMILES string of the molecule is CN(CC(=O)NCc1cc(Br)cs1)CC(O)C1CC1. The maximum absolute atomic E-state index is 11.8. The van der Waals surface area contributed by atoms with Gasteiger partial charge in [0.05, 0.1) is 19.2 Å². The predicted octanol–water partition coefficient (Wildman–Crippen LogP) is 1.83. The van der Waals surface area contributed by atoms with Crippen LogP contribution in [0.25, 0.3) is 0 Å². The lowest BCUT2D eigenvalue weighted by Gasteiger charge is -2.19. The van der Waals surface area contributed by atoms with E-state index in [1.165, 1.54) is 0 Å². The Labute approximate surface area is 125 Å². The number of carbonyl (C=O) groups is 1. The molecule has 0 saturated heterocycles. The standard InChI is InChI=1S/C13H19BrN2O2S/c1-16(6-12(17)9-2-3-9)7-13(18)15-5-11-4-10(14)8-19-11/h4,8-9,12,17H,2-3,5-7H2,1H3,(H,15,18). The van der Waals surface area contributed by atoms with Gasteiger partial charge in [-0.15, -0.1) is 11.3 Å². The molecule has 0 radical (unpaired) electrons. The molecule has 1 unspecified atom stereocenters. The number of hydrogen-bond donors (Lipinski definition) is 2. The molecule has 1 fully saturated rings. The minimum Gasteiger partial charge on any atom is -0.392 e. The molecule has 0 aromatic carbocycles. The maximum Gasteiger partial charge on any atom is 0.234 e. The zero-order chi connectivity index (χ0) is 13.8. The van der Waals surface area contributed by atoms with Crippen LogP contribution in [0.1, 0.15) is 17.7 Å².